The molecule has 2 aromatic heterocycles. The minimum atomic E-state index is -4.83. The summed E-state index contributed by atoms with van der Waals surface area (Å²) in [6, 6.07) is 5.07. The number of carbonyl (C=O) groups is 2. The van der Waals surface area contributed by atoms with Crippen LogP contribution in [0.2, 0.25) is 0 Å². The zero-order chi connectivity index (χ0) is 21.2. The molecule has 150 valence electrons. The van der Waals surface area contributed by atoms with Gasteiger partial charge < -0.3 is 0 Å². The van der Waals surface area contributed by atoms with Crippen molar-refractivity contribution < 1.29 is 31.5 Å². The summed E-state index contributed by atoms with van der Waals surface area (Å²) in [6.45, 7) is 0. The molecule has 29 heavy (non-hydrogen) atoms. The van der Waals surface area contributed by atoms with E-state index in [2.05, 4.69) is 9.97 Å². The molecule has 0 atom stereocenters. The first kappa shape index (κ1) is 20.3. The number of amides is 3. The molecule has 3 amide bonds. The number of halogens is 5. The van der Waals surface area contributed by atoms with Crippen molar-refractivity contribution in [1.82, 2.24) is 15.3 Å². The zero-order valence-electron chi connectivity index (χ0n) is 14.1. The van der Waals surface area contributed by atoms with Crippen molar-refractivity contribution in [2.75, 3.05) is 5.32 Å². The average Bonchev–Trinajstić information content (AvgIpc) is 3.15. The van der Waals surface area contributed by atoms with E-state index in [1.54, 1.807) is 16.8 Å². The molecule has 0 aliphatic rings. The first-order valence-electron chi connectivity index (χ1n) is 7.71. The van der Waals surface area contributed by atoms with E-state index >= 15 is 0 Å². The lowest BCUT2D eigenvalue weighted by atomic mass is 10.2. The lowest BCUT2D eigenvalue weighted by Gasteiger charge is -2.11. The number of rotatable bonds is 3. The molecule has 2 N–H and O–H groups in total. The van der Waals surface area contributed by atoms with Crippen molar-refractivity contribution >= 4 is 29.2 Å². The van der Waals surface area contributed by atoms with Crippen LogP contribution in [0.15, 0.2) is 41.8 Å². The summed E-state index contributed by atoms with van der Waals surface area (Å²) in [5.74, 6) is -4.61. The number of hydrogen-bond acceptors (Lipinski definition) is 5. The number of aromatic nitrogens is 2. The van der Waals surface area contributed by atoms with Crippen molar-refractivity contribution in [2.45, 2.75) is 6.18 Å². The molecule has 0 aliphatic carbocycles. The third-order valence-electron chi connectivity index (χ3n) is 3.43. The van der Waals surface area contributed by atoms with Gasteiger partial charge in [0.1, 0.15) is 17.2 Å². The maximum Gasteiger partial charge on any atom is 0.433 e. The Hall–Kier alpha value is -3.41. The van der Waals surface area contributed by atoms with Crippen LogP contribution in [0.5, 0.6) is 0 Å². The Morgan fingerprint density at radius 1 is 1.00 bits per heavy atom. The van der Waals surface area contributed by atoms with Gasteiger partial charge in [-0.05, 0) is 29.6 Å². The van der Waals surface area contributed by atoms with Crippen LogP contribution >= 0.6 is 11.3 Å². The summed E-state index contributed by atoms with van der Waals surface area (Å²) in [4.78, 5) is 31.2. The van der Waals surface area contributed by atoms with Gasteiger partial charge in [0.05, 0.1) is 10.6 Å². The molecular formula is C17H9F5N4O2S. The number of nitrogens with zero attached hydrogens (tertiary/aromatic N) is 2. The number of hydrogen-bond donors (Lipinski definition) is 2. The molecule has 0 unspecified atom stereocenters. The average molecular weight is 428 g/mol. The molecule has 0 radical (unpaired) electrons. The quantitative estimate of drug-likeness (QED) is 0.604. The van der Waals surface area contributed by atoms with Gasteiger partial charge in [0.15, 0.2) is 5.69 Å². The fourth-order valence-corrected chi connectivity index (χ4v) is 2.90. The highest BCUT2D eigenvalue weighted by Gasteiger charge is 2.34. The van der Waals surface area contributed by atoms with Gasteiger partial charge in [0.2, 0.25) is 5.95 Å². The number of anilines is 1. The van der Waals surface area contributed by atoms with Crippen LogP contribution in [0.25, 0.3) is 10.6 Å². The minimum Gasteiger partial charge on any atom is -0.276 e. The Kier molecular flexibility index (Phi) is 5.55. The van der Waals surface area contributed by atoms with Gasteiger partial charge in [0.25, 0.3) is 5.91 Å². The summed E-state index contributed by atoms with van der Waals surface area (Å²) in [5, 5.41) is 5.09. The molecule has 12 heteroatoms. The van der Waals surface area contributed by atoms with E-state index in [1.165, 1.54) is 6.07 Å². The standard InChI is InChI=1S/C17H9F5N4O2S/c18-8-3-1-4-9(19)13(8)14(27)25-16(28)26-15-23-10(11-5-2-6-29-11)7-12(24-15)17(20,21)22/h1-7H,(H2,23,24,25,26,27,28). The van der Waals surface area contributed by atoms with Crippen LogP contribution in [-0.4, -0.2) is 21.9 Å². The van der Waals surface area contributed by atoms with E-state index < -0.39 is 47.0 Å². The second-order valence-corrected chi connectivity index (χ2v) is 6.39. The first-order chi connectivity index (χ1) is 13.6. The Bertz CT molecular complexity index is 1050. The highest BCUT2D eigenvalue weighted by Crippen LogP contribution is 2.32. The maximum atomic E-state index is 13.6. The van der Waals surface area contributed by atoms with Gasteiger partial charge in [-0.15, -0.1) is 11.3 Å². The van der Waals surface area contributed by atoms with Crippen molar-refractivity contribution in [1.29, 1.82) is 0 Å². The van der Waals surface area contributed by atoms with Gasteiger partial charge in [-0.2, -0.15) is 13.2 Å². The number of thiophene rings is 1. The predicted octanol–water partition coefficient (Wildman–Crippen LogP) is 4.46. The van der Waals surface area contributed by atoms with Gasteiger partial charge in [-0.25, -0.2) is 23.5 Å². The number of urea groups is 1. The highest BCUT2D eigenvalue weighted by atomic mass is 32.1. The molecule has 0 saturated carbocycles. The van der Waals surface area contributed by atoms with Gasteiger partial charge in [0, 0.05) is 0 Å². The molecule has 0 fully saturated rings. The second kappa shape index (κ2) is 7.91. The van der Waals surface area contributed by atoms with Crippen LogP contribution < -0.4 is 10.6 Å². The van der Waals surface area contributed by atoms with Crippen LogP contribution in [0.4, 0.5) is 32.7 Å². The van der Waals surface area contributed by atoms with Crippen LogP contribution in [0.1, 0.15) is 16.1 Å². The fraction of sp³-hybridized carbons (Fsp3) is 0.0588. The molecule has 3 rings (SSSR count). The summed E-state index contributed by atoms with van der Waals surface area (Å²) in [5.41, 5.74) is -2.45. The summed E-state index contributed by atoms with van der Waals surface area (Å²) < 4.78 is 66.5. The Morgan fingerprint density at radius 2 is 1.69 bits per heavy atom. The lowest BCUT2D eigenvalue weighted by Crippen LogP contribution is -2.36. The van der Waals surface area contributed by atoms with Gasteiger partial charge in [-0.3, -0.25) is 15.4 Å². The monoisotopic (exact) mass is 428 g/mol. The first-order valence-corrected chi connectivity index (χ1v) is 8.59. The molecule has 0 aliphatic heterocycles. The number of benzene rings is 1. The van der Waals surface area contributed by atoms with E-state index in [0.29, 0.717) is 10.9 Å². The van der Waals surface area contributed by atoms with Gasteiger partial charge in [-0.1, -0.05) is 12.1 Å². The Morgan fingerprint density at radius 3 is 2.28 bits per heavy atom. The van der Waals surface area contributed by atoms with E-state index in [9.17, 15) is 31.5 Å². The molecule has 1 aromatic carbocycles. The zero-order valence-corrected chi connectivity index (χ0v) is 14.9. The molecule has 0 saturated heterocycles. The Balaban J connectivity index is 1.84. The van der Waals surface area contributed by atoms with Crippen LogP contribution in [0.3, 0.4) is 0 Å². The van der Waals surface area contributed by atoms with Crippen molar-refractivity contribution in [2.24, 2.45) is 0 Å². The van der Waals surface area contributed by atoms with Gasteiger partial charge >= 0.3 is 12.2 Å². The molecule has 2 heterocycles. The SMILES string of the molecule is O=C(NC(=O)c1c(F)cccc1F)Nc1nc(-c2cccs2)cc(C(F)(F)F)n1. The third kappa shape index (κ3) is 4.71. The van der Waals surface area contributed by atoms with E-state index in [-0.39, 0.29) is 5.69 Å². The summed E-state index contributed by atoms with van der Waals surface area (Å²) >= 11 is 1.11. The minimum absolute atomic E-state index is 0.107. The highest BCUT2D eigenvalue weighted by molar-refractivity contribution is 7.13. The fourth-order valence-electron chi connectivity index (χ4n) is 2.21. The second-order valence-electron chi connectivity index (χ2n) is 5.44. The molecule has 6 nitrogen and oxygen atoms in total. The number of carbonyl (C=O) groups excluding carboxylic acids is 2. The topological polar surface area (TPSA) is 84.0 Å². The van der Waals surface area contributed by atoms with Crippen molar-refractivity contribution in [3.05, 3.63) is 64.7 Å². The van der Waals surface area contributed by atoms with E-state index in [4.69, 9.17) is 0 Å². The smallest absolute Gasteiger partial charge is 0.276 e. The number of alkyl halides is 3. The largest absolute Gasteiger partial charge is 0.433 e. The van der Waals surface area contributed by atoms with Crippen molar-refractivity contribution in [3.63, 3.8) is 0 Å². The third-order valence-corrected chi connectivity index (χ3v) is 4.32. The number of nitrogens with one attached hydrogen (secondary N) is 2. The Labute approximate surface area is 163 Å². The lowest BCUT2D eigenvalue weighted by molar-refractivity contribution is -0.141. The molecule has 0 bridgehead atoms. The maximum absolute atomic E-state index is 13.6. The van der Waals surface area contributed by atoms with E-state index in [0.717, 1.165) is 29.5 Å². The summed E-state index contributed by atoms with van der Waals surface area (Å²) in [7, 11) is 0. The number of imide groups is 1. The van der Waals surface area contributed by atoms with E-state index in [1.807, 2.05) is 5.32 Å². The molecule has 3 aromatic rings. The van der Waals surface area contributed by atoms with Crippen molar-refractivity contribution in [3.8, 4) is 10.6 Å². The normalized spacial score (nSPS) is 11.2. The predicted molar refractivity (Wildman–Crippen MR) is 93.2 cm³/mol. The van der Waals surface area contributed by atoms with Crippen LogP contribution in [-0.2, 0) is 6.18 Å². The molecular weight excluding hydrogens is 419 g/mol. The molecule has 0 spiro atoms. The van der Waals surface area contributed by atoms with Crippen LogP contribution in [0, 0.1) is 11.6 Å². The summed E-state index contributed by atoms with van der Waals surface area (Å²) in [6.07, 6.45) is -4.83.